The van der Waals surface area contributed by atoms with Gasteiger partial charge in [-0.1, -0.05) is 43.4 Å². The molecule has 2 heteroatoms. The summed E-state index contributed by atoms with van der Waals surface area (Å²) in [4.78, 5) is 2.76. The van der Waals surface area contributed by atoms with Gasteiger partial charge in [-0.2, -0.15) is 0 Å². The Balaban J connectivity index is 2.95. The maximum absolute atomic E-state index is 2.76. The molecule has 1 nitrogen and oxygen atoms in total. The van der Waals surface area contributed by atoms with E-state index in [4.69, 9.17) is 0 Å². The molecule has 1 fully saturated rings. The van der Waals surface area contributed by atoms with E-state index in [1.165, 1.54) is 25.8 Å². The van der Waals surface area contributed by atoms with Gasteiger partial charge in [0.15, 0.2) is 0 Å². The summed E-state index contributed by atoms with van der Waals surface area (Å²) in [5.74, 6) is 0.809. The van der Waals surface area contributed by atoms with Gasteiger partial charge in [-0.05, 0) is 58.3 Å². The van der Waals surface area contributed by atoms with Gasteiger partial charge in [0, 0.05) is 22.1 Å². The third-order valence-electron chi connectivity index (χ3n) is 4.37. The lowest BCUT2D eigenvalue weighted by molar-refractivity contribution is 0.0618. The summed E-state index contributed by atoms with van der Waals surface area (Å²) < 4.78 is 0.356. The van der Waals surface area contributed by atoms with Crippen molar-refractivity contribution < 1.29 is 0 Å². The van der Waals surface area contributed by atoms with Gasteiger partial charge in [-0.25, -0.2) is 0 Å². The van der Waals surface area contributed by atoms with E-state index in [0.29, 0.717) is 20.9 Å². The van der Waals surface area contributed by atoms with Crippen LogP contribution in [0.15, 0.2) is 0 Å². The predicted molar refractivity (Wildman–Crippen MR) is 90.5 cm³/mol. The highest BCUT2D eigenvalue weighted by atomic mass is 127. The van der Waals surface area contributed by atoms with Gasteiger partial charge in [0.25, 0.3) is 0 Å². The van der Waals surface area contributed by atoms with Crippen molar-refractivity contribution in [2.45, 2.75) is 83.2 Å². The van der Waals surface area contributed by atoms with Crippen molar-refractivity contribution in [3.8, 4) is 0 Å². The Hall–Kier alpha value is 0.690. The third-order valence-corrected chi connectivity index (χ3v) is 5.09. The van der Waals surface area contributed by atoms with Crippen molar-refractivity contribution in [2.75, 3.05) is 6.54 Å². The molecule has 0 spiro atoms. The van der Waals surface area contributed by atoms with E-state index in [1.54, 1.807) is 0 Å². The zero-order valence-corrected chi connectivity index (χ0v) is 15.5. The number of likely N-dealkylation sites (tertiary alicyclic amines) is 1. The molecular weight excluding hydrogens is 333 g/mol. The molecule has 1 saturated heterocycles. The molecule has 0 bridgehead atoms. The molecule has 0 aromatic carbocycles. The van der Waals surface area contributed by atoms with Crippen molar-refractivity contribution >= 4 is 22.6 Å². The lowest BCUT2D eigenvalue weighted by Crippen LogP contribution is -2.52. The van der Waals surface area contributed by atoms with Gasteiger partial charge < -0.3 is 0 Å². The highest BCUT2D eigenvalue weighted by Gasteiger charge is 2.37. The Kier molecular flexibility index (Phi) is 5.57. The van der Waals surface area contributed by atoms with Crippen molar-refractivity contribution in [3.05, 3.63) is 0 Å². The molecule has 2 atom stereocenters. The predicted octanol–water partition coefficient (Wildman–Crippen LogP) is 5.13. The van der Waals surface area contributed by atoms with Crippen LogP contribution in [-0.2, 0) is 0 Å². The molecular formula is C16H32IN. The Morgan fingerprint density at radius 1 is 1.28 bits per heavy atom. The molecule has 0 saturated carbocycles. The molecule has 18 heavy (non-hydrogen) atoms. The Morgan fingerprint density at radius 3 is 2.28 bits per heavy atom. The Morgan fingerprint density at radius 2 is 1.83 bits per heavy atom. The maximum Gasteiger partial charge on any atom is 0.0321 e. The fourth-order valence-electron chi connectivity index (χ4n) is 3.60. The molecule has 0 amide bonds. The van der Waals surface area contributed by atoms with E-state index in [9.17, 15) is 0 Å². The molecule has 0 N–H and O–H groups in total. The van der Waals surface area contributed by atoms with Crippen LogP contribution in [-0.4, -0.2) is 27.0 Å². The number of nitrogens with zero attached hydrogens (tertiary/aromatic N) is 1. The number of hydrogen-bond donors (Lipinski definition) is 0. The van der Waals surface area contributed by atoms with Crippen LogP contribution in [0.3, 0.4) is 0 Å². The van der Waals surface area contributed by atoms with Crippen molar-refractivity contribution in [3.63, 3.8) is 0 Å². The summed E-state index contributed by atoms with van der Waals surface area (Å²) in [6.45, 7) is 18.1. The summed E-state index contributed by atoms with van der Waals surface area (Å²) in [6, 6.07) is 1.37. The minimum absolute atomic E-state index is 0.356. The first-order chi connectivity index (χ1) is 8.03. The first kappa shape index (κ1) is 16.7. The third kappa shape index (κ3) is 4.66. The Labute approximate surface area is 128 Å². The molecule has 0 aliphatic carbocycles. The van der Waals surface area contributed by atoms with Gasteiger partial charge >= 0.3 is 0 Å². The molecule has 0 aromatic heterocycles. The maximum atomic E-state index is 2.76. The monoisotopic (exact) mass is 365 g/mol. The largest absolute Gasteiger partial charge is 0.296 e. The molecule has 0 aromatic rings. The van der Waals surface area contributed by atoms with E-state index in [1.807, 2.05) is 0 Å². The first-order valence-electron chi connectivity index (χ1n) is 7.47. The number of alkyl halides is 1. The SMILES string of the molecule is CC1CN(C(C)C)C(C(C)(C)I)CCC(C)(C)C1. The number of halogens is 1. The standard InChI is InChI=1S/C16H32IN/c1-12(2)18-11-13(3)10-15(4,5)9-8-14(18)16(6,7)17/h12-14H,8-11H2,1-7H3. The van der Waals surface area contributed by atoms with E-state index < -0.39 is 0 Å². The highest BCUT2D eigenvalue weighted by molar-refractivity contribution is 14.1. The van der Waals surface area contributed by atoms with Gasteiger partial charge in [0.2, 0.25) is 0 Å². The zero-order chi connectivity index (χ0) is 14.1. The fraction of sp³-hybridized carbons (Fsp3) is 1.00. The molecule has 1 aliphatic heterocycles. The van der Waals surface area contributed by atoms with Crippen LogP contribution in [0.2, 0.25) is 0 Å². The minimum Gasteiger partial charge on any atom is -0.296 e. The molecule has 0 radical (unpaired) electrons. The number of rotatable bonds is 2. The average molecular weight is 365 g/mol. The minimum atomic E-state index is 0.356. The molecule has 2 unspecified atom stereocenters. The second-order valence-electron chi connectivity index (χ2n) is 7.88. The molecule has 1 aliphatic rings. The second kappa shape index (κ2) is 5.99. The van der Waals surface area contributed by atoms with Crippen LogP contribution in [0.4, 0.5) is 0 Å². The van der Waals surface area contributed by atoms with Crippen molar-refractivity contribution in [1.82, 2.24) is 4.90 Å². The Bertz CT molecular complexity index is 265. The summed E-state index contributed by atoms with van der Waals surface area (Å²) >= 11 is 2.65. The molecule has 108 valence electrons. The normalized spacial score (nSPS) is 31.2. The van der Waals surface area contributed by atoms with E-state index in [0.717, 1.165) is 5.92 Å². The van der Waals surface area contributed by atoms with Crippen molar-refractivity contribution in [2.24, 2.45) is 11.3 Å². The van der Waals surface area contributed by atoms with E-state index in [-0.39, 0.29) is 0 Å². The van der Waals surface area contributed by atoms with Crippen molar-refractivity contribution in [1.29, 1.82) is 0 Å². The van der Waals surface area contributed by atoms with Gasteiger partial charge in [0.1, 0.15) is 0 Å². The quantitative estimate of drug-likeness (QED) is 0.485. The summed E-state index contributed by atoms with van der Waals surface area (Å²) in [5.41, 5.74) is 0.516. The van der Waals surface area contributed by atoms with Gasteiger partial charge in [0.05, 0.1) is 0 Å². The lowest BCUT2D eigenvalue weighted by atomic mass is 9.75. The summed E-state index contributed by atoms with van der Waals surface area (Å²) in [5, 5.41) is 0. The van der Waals surface area contributed by atoms with Gasteiger partial charge in [-0.3, -0.25) is 4.90 Å². The topological polar surface area (TPSA) is 3.24 Å². The van der Waals surface area contributed by atoms with Crippen LogP contribution < -0.4 is 0 Å². The molecule has 1 heterocycles. The zero-order valence-electron chi connectivity index (χ0n) is 13.4. The summed E-state index contributed by atoms with van der Waals surface area (Å²) in [7, 11) is 0. The van der Waals surface area contributed by atoms with Crippen LogP contribution in [0.1, 0.15) is 67.7 Å². The lowest BCUT2D eigenvalue weighted by Gasteiger charge is -2.47. The van der Waals surface area contributed by atoms with Crippen LogP contribution in [0.5, 0.6) is 0 Å². The van der Waals surface area contributed by atoms with Crippen LogP contribution in [0.25, 0.3) is 0 Å². The van der Waals surface area contributed by atoms with Crippen LogP contribution >= 0.6 is 22.6 Å². The van der Waals surface area contributed by atoms with Crippen LogP contribution in [0, 0.1) is 11.3 Å². The average Bonchev–Trinajstić information content (AvgIpc) is 2.10. The van der Waals surface area contributed by atoms with E-state index >= 15 is 0 Å². The fourth-order valence-corrected chi connectivity index (χ4v) is 4.27. The van der Waals surface area contributed by atoms with E-state index in [2.05, 4.69) is 76.0 Å². The first-order valence-corrected chi connectivity index (χ1v) is 8.55. The summed E-state index contributed by atoms with van der Waals surface area (Å²) in [6.07, 6.45) is 4.07. The second-order valence-corrected chi connectivity index (χ2v) is 10.7. The van der Waals surface area contributed by atoms with Gasteiger partial charge in [-0.15, -0.1) is 0 Å². The number of hydrogen-bond acceptors (Lipinski definition) is 1. The molecule has 1 rings (SSSR count). The smallest absolute Gasteiger partial charge is 0.0321 e. The highest BCUT2D eigenvalue weighted by Crippen LogP contribution is 2.39.